The van der Waals surface area contributed by atoms with Gasteiger partial charge in [-0.25, -0.2) is 14.3 Å². The third-order valence-electron chi connectivity index (χ3n) is 4.29. The molecule has 0 radical (unpaired) electrons. The number of nitrogens with one attached hydrogen (secondary N) is 1. The summed E-state index contributed by atoms with van der Waals surface area (Å²) >= 11 is 12.0. The topological polar surface area (TPSA) is 71.8 Å². The molecule has 1 unspecified atom stereocenters. The van der Waals surface area contributed by atoms with E-state index in [2.05, 4.69) is 9.97 Å². The first kappa shape index (κ1) is 18.9. The van der Waals surface area contributed by atoms with Crippen molar-refractivity contribution in [3.63, 3.8) is 0 Å². The molecule has 0 amide bonds. The quantitative estimate of drug-likeness (QED) is 0.439. The molecule has 0 spiro atoms. The maximum atomic E-state index is 11.8. The molecule has 0 saturated heterocycles. The van der Waals surface area contributed by atoms with Crippen LogP contribution in [0, 0.1) is 0 Å². The Bertz CT molecular complexity index is 1230. The summed E-state index contributed by atoms with van der Waals surface area (Å²) in [6, 6.07) is 18.7. The monoisotopic (exact) mass is 427 g/mol. The van der Waals surface area contributed by atoms with Gasteiger partial charge in [0.25, 0.3) is 0 Å². The van der Waals surface area contributed by atoms with Gasteiger partial charge in [-0.2, -0.15) is 0 Å². The molecule has 0 aliphatic heterocycles. The lowest BCUT2D eigenvalue weighted by molar-refractivity contribution is 0.684. The number of hydrogen-bond donors (Lipinski definition) is 2. The van der Waals surface area contributed by atoms with E-state index in [0.717, 1.165) is 27.7 Å². The number of imidazole rings is 1. The van der Waals surface area contributed by atoms with Crippen molar-refractivity contribution in [2.24, 2.45) is 5.14 Å². The maximum Gasteiger partial charge on any atom is 0.131 e. The minimum absolute atomic E-state index is 0.508. The first-order valence-corrected chi connectivity index (χ1v) is 10.4. The Morgan fingerprint density at radius 1 is 0.964 bits per heavy atom. The van der Waals surface area contributed by atoms with Crippen molar-refractivity contribution in [2.45, 2.75) is 4.90 Å². The van der Waals surface area contributed by atoms with Gasteiger partial charge in [0.15, 0.2) is 0 Å². The molecule has 3 aromatic carbocycles. The summed E-state index contributed by atoms with van der Waals surface area (Å²) in [5.74, 6) is 0.717. The molecule has 140 valence electrons. The van der Waals surface area contributed by atoms with E-state index in [9.17, 15) is 4.21 Å². The Balaban J connectivity index is 1.68. The van der Waals surface area contributed by atoms with E-state index >= 15 is 0 Å². The summed E-state index contributed by atoms with van der Waals surface area (Å²) in [5, 5.41) is 6.64. The molecule has 1 atom stereocenters. The van der Waals surface area contributed by atoms with Crippen LogP contribution in [0.15, 0.2) is 65.6 Å². The smallest absolute Gasteiger partial charge is 0.131 e. The molecule has 0 saturated carbocycles. The van der Waals surface area contributed by atoms with Crippen molar-refractivity contribution in [3.05, 3.63) is 82.1 Å². The summed E-state index contributed by atoms with van der Waals surface area (Å²) in [6.45, 7) is 0. The van der Waals surface area contributed by atoms with E-state index in [1.165, 1.54) is 0 Å². The second-order valence-corrected chi connectivity index (χ2v) is 8.00. The number of aromatic nitrogens is 2. The largest absolute Gasteiger partial charge is 0.338 e. The fraction of sp³-hybridized carbons (Fsp3) is 0. The summed E-state index contributed by atoms with van der Waals surface area (Å²) in [4.78, 5) is 8.46. The second kappa shape index (κ2) is 7.89. The Hall–Kier alpha value is -2.44. The number of nitrogens with zero attached hydrogens (tertiary/aromatic N) is 1. The van der Waals surface area contributed by atoms with Crippen LogP contribution in [-0.2, 0) is 11.0 Å². The third kappa shape index (κ3) is 3.88. The van der Waals surface area contributed by atoms with E-state index in [1.54, 1.807) is 18.2 Å². The minimum atomic E-state index is -1.55. The standard InChI is InChI=1S/C21H15Cl2N3OS/c22-16-8-5-13(11-17(16)23)6-10-21-25-18-9-7-14(12-19(18)26-21)15-3-1-2-4-20(15)28(24)27/h1-12H,24H2,(H,25,26)/b10-6+. The van der Waals surface area contributed by atoms with Crippen molar-refractivity contribution >= 4 is 57.4 Å². The zero-order valence-electron chi connectivity index (χ0n) is 14.5. The van der Waals surface area contributed by atoms with Crippen LogP contribution in [0.1, 0.15) is 11.4 Å². The Morgan fingerprint density at radius 3 is 2.57 bits per heavy atom. The van der Waals surface area contributed by atoms with Gasteiger partial charge in [-0.15, -0.1) is 0 Å². The second-order valence-electron chi connectivity index (χ2n) is 6.15. The van der Waals surface area contributed by atoms with Crippen LogP contribution in [0.25, 0.3) is 34.3 Å². The lowest BCUT2D eigenvalue weighted by Crippen LogP contribution is -2.04. The summed E-state index contributed by atoms with van der Waals surface area (Å²) in [5.41, 5.74) is 4.40. The number of benzene rings is 3. The first-order valence-electron chi connectivity index (χ1n) is 8.40. The normalized spacial score (nSPS) is 12.7. The first-order chi connectivity index (χ1) is 13.5. The van der Waals surface area contributed by atoms with Gasteiger partial charge in [-0.3, -0.25) is 0 Å². The predicted octanol–water partition coefficient (Wildman–Crippen LogP) is 5.69. The summed E-state index contributed by atoms with van der Waals surface area (Å²) < 4.78 is 11.8. The van der Waals surface area contributed by atoms with Crippen molar-refractivity contribution in [2.75, 3.05) is 0 Å². The van der Waals surface area contributed by atoms with Gasteiger partial charge in [0, 0.05) is 0 Å². The average molecular weight is 428 g/mol. The van der Waals surface area contributed by atoms with E-state index < -0.39 is 11.0 Å². The molecule has 1 heterocycles. The average Bonchev–Trinajstić information content (AvgIpc) is 3.11. The van der Waals surface area contributed by atoms with Gasteiger partial charge in [-0.1, -0.05) is 59.6 Å². The Kier molecular flexibility index (Phi) is 5.33. The predicted molar refractivity (Wildman–Crippen MR) is 118 cm³/mol. The third-order valence-corrected chi connectivity index (χ3v) is 5.82. The van der Waals surface area contributed by atoms with Crippen LogP contribution in [0.4, 0.5) is 0 Å². The number of nitrogens with two attached hydrogens (primary N) is 1. The van der Waals surface area contributed by atoms with Crippen LogP contribution in [-0.4, -0.2) is 14.2 Å². The molecule has 0 fully saturated rings. The SMILES string of the molecule is NS(=O)c1ccccc1-c1ccc2nc(/C=C/c3ccc(Cl)c(Cl)c3)[nH]c2c1. The molecule has 4 rings (SSSR count). The van der Waals surface area contributed by atoms with Crippen molar-refractivity contribution < 1.29 is 4.21 Å². The molecule has 3 N–H and O–H groups in total. The number of fused-ring (bicyclic) bond motifs is 1. The number of rotatable bonds is 4. The number of hydrogen-bond acceptors (Lipinski definition) is 2. The van der Waals surface area contributed by atoms with Crippen molar-refractivity contribution in [1.29, 1.82) is 0 Å². The van der Waals surface area contributed by atoms with Gasteiger partial charge in [0.1, 0.15) is 16.8 Å². The molecule has 0 aliphatic carbocycles. The van der Waals surface area contributed by atoms with Crippen molar-refractivity contribution in [3.8, 4) is 11.1 Å². The van der Waals surface area contributed by atoms with Crippen LogP contribution in [0.3, 0.4) is 0 Å². The van der Waals surface area contributed by atoms with Crippen molar-refractivity contribution in [1.82, 2.24) is 9.97 Å². The van der Waals surface area contributed by atoms with Gasteiger partial charge in [-0.05, 0) is 53.1 Å². The lowest BCUT2D eigenvalue weighted by Gasteiger charge is -2.06. The van der Waals surface area contributed by atoms with Crippen LogP contribution in [0.5, 0.6) is 0 Å². The van der Waals surface area contributed by atoms with Crippen LogP contribution < -0.4 is 5.14 Å². The molecular formula is C21H15Cl2N3OS. The highest BCUT2D eigenvalue weighted by molar-refractivity contribution is 7.82. The van der Waals surface area contributed by atoms with Crippen LogP contribution >= 0.6 is 23.2 Å². The Labute approximate surface area is 174 Å². The molecule has 1 aromatic heterocycles. The van der Waals surface area contributed by atoms with Gasteiger partial charge in [0.2, 0.25) is 0 Å². The number of H-pyrrole nitrogens is 1. The fourth-order valence-electron chi connectivity index (χ4n) is 2.95. The summed E-state index contributed by atoms with van der Waals surface area (Å²) in [7, 11) is -1.55. The molecule has 0 bridgehead atoms. The molecule has 0 aliphatic rings. The molecule has 28 heavy (non-hydrogen) atoms. The van der Waals surface area contributed by atoms with Crippen LogP contribution in [0.2, 0.25) is 10.0 Å². The molecule has 4 nitrogen and oxygen atoms in total. The fourth-order valence-corrected chi connectivity index (χ4v) is 3.87. The van der Waals surface area contributed by atoms with Gasteiger partial charge < -0.3 is 4.98 Å². The highest BCUT2D eigenvalue weighted by Crippen LogP contribution is 2.28. The maximum absolute atomic E-state index is 11.8. The summed E-state index contributed by atoms with van der Waals surface area (Å²) in [6.07, 6.45) is 3.79. The number of aromatic amines is 1. The Morgan fingerprint density at radius 2 is 1.79 bits per heavy atom. The zero-order valence-corrected chi connectivity index (χ0v) is 16.9. The number of halogens is 2. The highest BCUT2D eigenvalue weighted by atomic mass is 35.5. The van der Waals surface area contributed by atoms with E-state index in [4.69, 9.17) is 28.3 Å². The molecular weight excluding hydrogens is 413 g/mol. The lowest BCUT2D eigenvalue weighted by atomic mass is 10.1. The highest BCUT2D eigenvalue weighted by Gasteiger charge is 2.10. The molecule has 4 aromatic rings. The zero-order chi connectivity index (χ0) is 19.7. The van der Waals surface area contributed by atoms with E-state index in [1.807, 2.05) is 54.6 Å². The minimum Gasteiger partial charge on any atom is -0.338 e. The van der Waals surface area contributed by atoms with Gasteiger partial charge in [0.05, 0.1) is 26.0 Å². The molecule has 7 heteroatoms. The van der Waals surface area contributed by atoms with E-state index in [0.29, 0.717) is 20.8 Å². The van der Waals surface area contributed by atoms with Gasteiger partial charge >= 0.3 is 0 Å². The van der Waals surface area contributed by atoms with E-state index in [-0.39, 0.29) is 0 Å².